The lowest BCUT2D eigenvalue weighted by molar-refractivity contribution is -0.132. The molecule has 1 heterocycles. The summed E-state index contributed by atoms with van der Waals surface area (Å²) in [5, 5.41) is 9.41. The van der Waals surface area contributed by atoms with Gasteiger partial charge in [0.2, 0.25) is 0 Å². The molecule has 0 radical (unpaired) electrons. The van der Waals surface area contributed by atoms with Gasteiger partial charge in [-0.05, 0) is 43.0 Å². The summed E-state index contributed by atoms with van der Waals surface area (Å²) in [4.78, 5) is 15.2. The van der Waals surface area contributed by atoms with E-state index in [0.717, 1.165) is 24.1 Å². The molecule has 0 amide bonds. The second-order valence-corrected chi connectivity index (χ2v) is 4.64. The van der Waals surface area contributed by atoms with Crippen molar-refractivity contribution < 1.29 is 9.90 Å². The first-order chi connectivity index (χ1) is 8.10. The molecule has 17 heavy (non-hydrogen) atoms. The lowest BCUT2D eigenvalue weighted by atomic mass is 10.1. The normalized spacial score (nSPS) is 16.0. The zero-order valence-corrected chi connectivity index (χ0v) is 10.4. The summed E-state index contributed by atoms with van der Waals surface area (Å²) >= 11 is 5.94. The first kappa shape index (κ1) is 12.1. The fourth-order valence-electron chi connectivity index (χ4n) is 1.73. The molecule has 0 saturated heterocycles. The topological polar surface area (TPSA) is 50.2 Å². The summed E-state index contributed by atoms with van der Waals surface area (Å²) in [6.07, 6.45) is 4.46. The number of aromatic nitrogens is 1. The number of carboxylic acids is 1. The molecular weight excluding hydrogens is 238 g/mol. The van der Waals surface area contributed by atoms with Gasteiger partial charge in [-0.2, -0.15) is 0 Å². The summed E-state index contributed by atoms with van der Waals surface area (Å²) in [7, 11) is 0. The molecule has 1 aromatic heterocycles. The average molecular weight is 252 g/mol. The van der Waals surface area contributed by atoms with Crippen molar-refractivity contribution in [3.8, 4) is 0 Å². The summed E-state index contributed by atoms with van der Waals surface area (Å²) in [5.74, 6) is -0.371. The van der Waals surface area contributed by atoms with Crippen molar-refractivity contribution in [1.29, 1.82) is 0 Å². The molecule has 0 bridgehead atoms. The van der Waals surface area contributed by atoms with Crippen LogP contribution in [0, 0.1) is 0 Å². The largest absolute Gasteiger partial charge is 0.478 e. The zero-order valence-electron chi connectivity index (χ0n) is 9.61. The van der Waals surface area contributed by atoms with E-state index in [9.17, 15) is 4.79 Å². The van der Waals surface area contributed by atoms with E-state index in [2.05, 4.69) is 4.98 Å². The standard InChI is InChI=1S/C13H14ClNO2/c1-2-9(13(16)17)5-8-6-11(10-3-4-10)15-12(14)7-8/h5-7,10H,2-4H2,1H3,(H,16,17)/b9-5+. The predicted molar refractivity (Wildman–Crippen MR) is 67.1 cm³/mol. The molecule has 0 aliphatic heterocycles. The number of pyridine rings is 1. The van der Waals surface area contributed by atoms with Crippen LogP contribution in [0.2, 0.25) is 5.15 Å². The van der Waals surface area contributed by atoms with Gasteiger partial charge in [0.1, 0.15) is 5.15 Å². The lowest BCUT2D eigenvalue weighted by Gasteiger charge is -2.03. The molecule has 1 saturated carbocycles. The fourth-order valence-corrected chi connectivity index (χ4v) is 1.95. The van der Waals surface area contributed by atoms with Crippen molar-refractivity contribution in [1.82, 2.24) is 4.98 Å². The average Bonchev–Trinajstić information content (AvgIpc) is 3.08. The van der Waals surface area contributed by atoms with Gasteiger partial charge in [0.15, 0.2) is 0 Å². The van der Waals surface area contributed by atoms with Gasteiger partial charge in [-0.25, -0.2) is 9.78 Å². The molecule has 1 N–H and O–H groups in total. The molecule has 1 aromatic rings. The van der Waals surface area contributed by atoms with Gasteiger partial charge in [-0.1, -0.05) is 18.5 Å². The highest BCUT2D eigenvalue weighted by Crippen LogP contribution is 2.39. The summed E-state index contributed by atoms with van der Waals surface area (Å²) < 4.78 is 0. The molecule has 1 fully saturated rings. The summed E-state index contributed by atoms with van der Waals surface area (Å²) in [6.45, 7) is 1.82. The second-order valence-electron chi connectivity index (χ2n) is 4.25. The first-order valence-corrected chi connectivity index (χ1v) is 6.09. The van der Waals surface area contributed by atoms with E-state index in [1.807, 2.05) is 13.0 Å². The van der Waals surface area contributed by atoms with Gasteiger partial charge in [-0.15, -0.1) is 0 Å². The van der Waals surface area contributed by atoms with Crippen LogP contribution in [0.25, 0.3) is 6.08 Å². The molecule has 1 aliphatic carbocycles. The highest BCUT2D eigenvalue weighted by Gasteiger charge is 2.25. The minimum atomic E-state index is -0.881. The second kappa shape index (κ2) is 4.88. The summed E-state index contributed by atoms with van der Waals surface area (Å²) in [6, 6.07) is 3.63. The maximum Gasteiger partial charge on any atom is 0.331 e. The van der Waals surface area contributed by atoms with Crippen molar-refractivity contribution in [3.63, 3.8) is 0 Å². The van der Waals surface area contributed by atoms with Crippen LogP contribution in [-0.2, 0) is 4.79 Å². The minimum Gasteiger partial charge on any atom is -0.478 e. The number of rotatable bonds is 4. The minimum absolute atomic E-state index is 0.383. The van der Waals surface area contributed by atoms with Gasteiger partial charge in [-0.3, -0.25) is 0 Å². The third-order valence-electron chi connectivity index (χ3n) is 2.83. The monoisotopic (exact) mass is 251 g/mol. The first-order valence-electron chi connectivity index (χ1n) is 5.71. The number of nitrogens with zero attached hydrogens (tertiary/aromatic N) is 1. The highest BCUT2D eigenvalue weighted by atomic mass is 35.5. The van der Waals surface area contributed by atoms with E-state index in [-0.39, 0.29) is 0 Å². The van der Waals surface area contributed by atoms with Crippen LogP contribution in [-0.4, -0.2) is 16.1 Å². The number of aliphatic carboxylic acids is 1. The zero-order chi connectivity index (χ0) is 12.4. The Labute approximate surface area is 105 Å². The molecule has 4 heteroatoms. The number of carbonyl (C=O) groups is 1. The van der Waals surface area contributed by atoms with Gasteiger partial charge >= 0.3 is 5.97 Å². The molecule has 1 aliphatic rings. The molecule has 0 spiro atoms. The molecular formula is C13H14ClNO2. The highest BCUT2D eigenvalue weighted by molar-refractivity contribution is 6.29. The van der Waals surface area contributed by atoms with Crippen molar-refractivity contribution in [3.05, 3.63) is 34.1 Å². The van der Waals surface area contributed by atoms with Crippen LogP contribution >= 0.6 is 11.6 Å². The Balaban J connectivity index is 2.34. The smallest absolute Gasteiger partial charge is 0.331 e. The Morgan fingerprint density at radius 3 is 2.82 bits per heavy atom. The van der Waals surface area contributed by atoms with Crippen LogP contribution in [0.1, 0.15) is 43.4 Å². The number of hydrogen-bond acceptors (Lipinski definition) is 2. The summed E-state index contributed by atoms with van der Waals surface area (Å²) in [5.41, 5.74) is 2.18. The van der Waals surface area contributed by atoms with Crippen LogP contribution in [0.3, 0.4) is 0 Å². The van der Waals surface area contributed by atoms with Crippen LogP contribution in [0.5, 0.6) is 0 Å². The van der Waals surface area contributed by atoms with Gasteiger partial charge < -0.3 is 5.11 Å². The Morgan fingerprint density at radius 1 is 1.59 bits per heavy atom. The maximum absolute atomic E-state index is 10.9. The third kappa shape index (κ3) is 3.07. The quantitative estimate of drug-likeness (QED) is 0.658. The Morgan fingerprint density at radius 2 is 2.29 bits per heavy atom. The van der Waals surface area contributed by atoms with Crippen LogP contribution < -0.4 is 0 Å². The van der Waals surface area contributed by atoms with Crippen LogP contribution in [0.15, 0.2) is 17.7 Å². The Kier molecular flexibility index (Phi) is 3.48. The van der Waals surface area contributed by atoms with E-state index in [0.29, 0.717) is 23.1 Å². The van der Waals surface area contributed by atoms with Gasteiger partial charge in [0, 0.05) is 17.2 Å². The van der Waals surface area contributed by atoms with E-state index in [1.54, 1.807) is 12.1 Å². The fraction of sp³-hybridized carbons (Fsp3) is 0.385. The van der Waals surface area contributed by atoms with Crippen molar-refractivity contribution >= 4 is 23.6 Å². The third-order valence-corrected chi connectivity index (χ3v) is 3.02. The van der Waals surface area contributed by atoms with E-state index >= 15 is 0 Å². The molecule has 0 atom stereocenters. The Hall–Kier alpha value is -1.35. The number of carboxylic acid groups (broad SMARTS) is 1. The SMILES string of the molecule is CC/C(=C\c1cc(Cl)nc(C2CC2)c1)C(=O)O. The van der Waals surface area contributed by atoms with Crippen LogP contribution in [0.4, 0.5) is 0 Å². The predicted octanol–water partition coefficient (Wildman–Crippen LogP) is 3.49. The van der Waals surface area contributed by atoms with Gasteiger partial charge in [0.05, 0.1) is 0 Å². The number of hydrogen-bond donors (Lipinski definition) is 1. The van der Waals surface area contributed by atoms with Crippen molar-refractivity contribution in [2.24, 2.45) is 0 Å². The van der Waals surface area contributed by atoms with Crippen molar-refractivity contribution in [2.45, 2.75) is 32.1 Å². The van der Waals surface area contributed by atoms with Gasteiger partial charge in [0.25, 0.3) is 0 Å². The molecule has 0 unspecified atom stereocenters. The molecule has 3 nitrogen and oxygen atoms in total. The lowest BCUT2D eigenvalue weighted by Crippen LogP contribution is -1.99. The molecule has 2 rings (SSSR count). The molecule has 0 aromatic carbocycles. The maximum atomic E-state index is 10.9. The Bertz CT molecular complexity index is 478. The van der Waals surface area contributed by atoms with E-state index in [4.69, 9.17) is 16.7 Å². The van der Waals surface area contributed by atoms with Crippen molar-refractivity contribution in [2.75, 3.05) is 0 Å². The van der Waals surface area contributed by atoms with E-state index in [1.165, 1.54) is 0 Å². The van der Waals surface area contributed by atoms with E-state index < -0.39 is 5.97 Å². The number of halogens is 1. The molecule has 90 valence electrons.